The third kappa shape index (κ3) is 2.36. The fraction of sp³-hybridized carbons (Fsp3) is 0.176. The zero-order valence-corrected chi connectivity index (χ0v) is 10.3. The van der Waals surface area contributed by atoms with E-state index >= 15 is 0 Å². The fourth-order valence-electron chi connectivity index (χ4n) is 2.51. The van der Waals surface area contributed by atoms with Crippen LogP contribution < -0.4 is 5.32 Å². The largest absolute Gasteiger partial charge is 0.306 e. The summed E-state index contributed by atoms with van der Waals surface area (Å²) in [5, 5.41) is 3.56. The normalized spacial score (nSPS) is 19.3. The van der Waals surface area contributed by atoms with Gasteiger partial charge in [-0.25, -0.2) is 0 Å². The standard InChI is InChI=1S/C17H17N/c1-3-7-14(8-4-1)16-11-12-18-17(13-16)15-9-5-2-6-10-15/h1-11,17-18H,12-13H2. The average Bonchev–Trinajstić information content (AvgIpc) is 2.49. The summed E-state index contributed by atoms with van der Waals surface area (Å²) in [6, 6.07) is 21.8. The molecule has 0 amide bonds. The smallest absolute Gasteiger partial charge is 0.0363 e. The molecule has 0 radical (unpaired) electrons. The van der Waals surface area contributed by atoms with Gasteiger partial charge < -0.3 is 5.32 Å². The van der Waals surface area contributed by atoms with Crippen LogP contribution in [0.25, 0.3) is 5.57 Å². The molecule has 90 valence electrons. The quantitative estimate of drug-likeness (QED) is 0.834. The predicted octanol–water partition coefficient (Wildman–Crippen LogP) is 3.80. The van der Waals surface area contributed by atoms with Crippen LogP contribution in [0.3, 0.4) is 0 Å². The molecule has 1 aliphatic heterocycles. The molecular formula is C17H17N. The van der Waals surface area contributed by atoms with Crippen LogP contribution in [-0.2, 0) is 0 Å². The van der Waals surface area contributed by atoms with Gasteiger partial charge in [-0.2, -0.15) is 0 Å². The van der Waals surface area contributed by atoms with E-state index in [9.17, 15) is 0 Å². The van der Waals surface area contributed by atoms with Crippen LogP contribution in [-0.4, -0.2) is 6.54 Å². The topological polar surface area (TPSA) is 12.0 Å². The average molecular weight is 235 g/mol. The van der Waals surface area contributed by atoms with Gasteiger partial charge in [0.25, 0.3) is 0 Å². The van der Waals surface area contributed by atoms with Gasteiger partial charge >= 0.3 is 0 Å². The van der Waals surface area contributed by atoms with E-state index in [2.05, 4.69) is 72.1 Å². The van der Waals surface area contributed by atoms with Crippen molar-refractivity contribution < 1.29 is 0 Å². The Morgan fingerprint density at radius 1 is 0.833 bits per heavy atom. The molecule has 0 bridgehead atoms. The minimum absolute atomic E-state index is 0.436. The highest BCUT2D eigenvalue weighted by Crippen LogP contribution is 2.29. The van der Waals surface area contributed by atoms with Gasteiger partial charge in [-0.05, 0) is 23.1 Å². The van der Waals surface area contributed by atoms with Gasteiger partial charge in [-0.1, -0.05) is 66.7 Å². The van der Waals surface area contributed by atoms with E-state index in [1.54, 1.807) is 0 Å². The molecule has 1 unspecified atom stereocenters. The lowest BCUT2D eigenvalue weighted by molar-refractivity contribution is 0.563. The van der Waals surface area contributed by atoms with E-state index in [-0.39, 0.29) is 0 Å². The van der Waals surface area contributed by atoms with Gasteiger partial charge in [0, 0.05) is 12.6 Å². The Hall–Kier alpha value is -1.86. The molecule has 0 aliphatic carbocycles. The third-order valence-electron chi connectivity index (χ3n) is 3.48. The number of rotatable bonds is 2. The summed E-state index contributed by atoms with van der Waals surface area (Å²) < 4.78 is 0. The highest BCUT2D eigenvalue weighted by atomic mass is 14.9. The number of nitrogens with one attached hydrogen (secondary N) is 1. The molecule has 1 atom stereocenters. The van der Waals surface area contributed by atoms with E-state index in [4.69, 9.17) is 0 Å². The van der Waals surface area contributed by atoms with E-state index in [1.807, 2.05) is 0 Å². The highest BCUT2D eigenvalue weighted by Gasteiger charge is 2.16. The zero-order valence-electron chi connectivity index (χ0n) is 10.3. The van der Waals surface area contributed by atoms with Crippen molar-refractivity contribution in [1.82, 2.24) is 5.32 Å². The molecule has 1 nitrogen and oxygen atoms in total. The maximum atomic E-state index is 3.56. The Labute approximate surface area is 108 Å². The van der Waals surface area contributed by atoms with Crippen molar-refractivity contribution in [2.45, 2.75) is 12.5 Å². The maximum absolute atomic E-state index is 3.56. The summed E-state index contributed by atoms with van der Waals surface area (Å²) in [6.45, 7) is 0.948. The molecule has 18 heavy (non-hydrogen) atoms. The van der Waals surface area contributed by atoms with Crippen molar-refractivity contribution in [2.75, 3.05) is 6.54 Å². The maximum Gasteiger partial charge on any atom is 0.0363 e. The molecular weight excluding hydrogens is 218 g/mol. The summed E-state index contributed by atoms with van der Waals surface area (Å²) in [4.78, 5) is 0. The van der Waals surface area contributed by atoms with Gasteiger partial charge in [0.1, 0.15) is 0 Å². The molecule has 0 saturated carbocycles. The van der Waals surface area contributed by atoms with Crippen LogP contribution in [0.2, 0.25) is 0 Å². The molecule has 2 aromatic rings. The Kier molecular flexibility index (Phi) is 3.24. The van der Waals surface area contributed by atoms with Crippen LogP contribution >= 0.6 is 0 Å². The van der Waals surface area contributed by atoms with E-state index in [0.29, 0.717) is 6.04 Å². The van der Waals surface area contributed by atoms with Crippen LogP contribution in [0.15, 0.2) is 66.7 Å². The second kappa shape index (κ2) is 5.19. The summed E-state index contributed by atoms with van der Waals surface area (Å²) in [5.74, 6) is 0. The first kappa shape index (κ1) is 11.2. The molecule has 1 heterocycles. The number of hydrogen-bond acceptors (Lipinski definition) is 1. The Balaban J connectivity index is 1.82. The lowest BCUT2D eigenvalue weighted by atomic mass is 9.92. The monoisotopic (exact) mass is 235 g/mol. The molecule has 2 aromatic carbocycles. The van der Waals surface area contributed by atoms with Gasteiger partial charge in [0.05, 0.1) is 0 Å². The van der Waals surface area contributed by atoms with Crippen LogP contribution in [0.5, 0.6) is 0 Å². The van der Waals surface area contributed by atoms with Crippen molar-refractivity contribution in [1.29, 1.82) is 0 Å². The fourth-order valence-corrected chi connectivity index (χ4v) is 2.51. The Bertz CT molecular complexity index is 528. The van der Waals surface area contributed by atoms with E-state index < -0.39 is 0 Å². The summed E-state index contributed by atoms with van der Waals surface area (Å²) in [7, 11) is 0. The molecule has 1 N–H and O–H groups in total. The first-order valence-electron chi connectivity index (χ1n) is 6.46. The van der Waals surface area contributed by atoms with Crippen molar-refractivity contribution >= 4 is 5.57 Å². The molecule has 0 saturated heterocycles. The van der Waals surface area contributed by atoms with Gasteiger partial charge in [-0.15, -0.1) is 0 Å². The lowest BCUT2D eigenvalue weighted by Crippen LogP contribution is -2.25. The lowest BCUT2D eigenvalue weighted by Gasteiger charge is -2.25. The van der Waals surface area contributed by atoms with Gasteiger partial charge in [0.15, 0.2) is 0 Å². The Morgan fingerprint density at radius 2 is 1.50 bits per heavy atom. The minimum atomic E-state index is 0.436. The van der Waals surface area contributed by atoms with Gasteiger partial charge in [-0.3, -0.25) is 0 Å². The highest BCUT2D eigenvalue weighted by molar-refractivity contribution is 5.67. The van der Waals surface area contributed by atoms with Crippen molar-refractivity contribution in [3.05, 3.63) is 77.9 Å². The van der Waals surface area contributed by atoms with E-state index in [1.165, 1.54) is 16.7 Å². The summed E-state index contributed by atoms with van der Waals surface area (Å²) in [6.07, 6.45) is 3.36. The second-order valence-corrected chi connectivity index (χ2v) is 4.67. The third-order valence-corrected chi connectivity index (χ3v) is 3.48. The molecule has 0 spiro atoms. The van der Waals surface area contributed by atoms with Crippen molar-refractivity contribution in [2.24, 2.45) is 0 Å². The molecule has 1 aliphatic rings. The van der Waals surface area contributed by atoms with Crippen molar-refractivity contribution in [3.8, 4) is 0 Å². The number of hydrogen-bond donors (Lipinski definition) is 1. The first-order valence-corrected chi connectivity index (χ1v) is 6.46. The summed E-state index contributed by atoms with van der Waals surface area (Å²) >= 11 is 0. The van der Waals surface area contributed by atoms with Crippen molar-refractivity contribution in [3.63, 3.8) is 0 Å². The minimum Gasteiger partial charge on any atom is -0.306 e. The van der Waals surface area contributed by atoms with Crippen LogP contribution in [0, 0.1) is 0 Å². The molecule has 1 heteroatoms. The second-order valence-electron chi connectivity index (χ2n) is 4.67. The predicted molar refractivity (Wildman–Crippen MR) is 76.2 cm³/mol. The molecule has 0 fully saturated rings. The van der Waals surface area contributed by atoms with Crippen LogP contribution in [0.1, 0.15) is 23.6 Å². The first-order chi connectivity index (χ1) is 8.93. The molecule has 0 aromatic heterocycles. The zero-order chi connectivity index (χ0) is 12.2. The SMILES string of the molecule is C1=C(c2ccccc2)CC(c2ccccc2)NC1. The van der Waals surface area contributed by atoms with Crippen LogP contribution in [0.4, 0.5) is 0 Å². The molecule has 3 rings (SSSR count). The van der Waals surface area contributed by atoms with Gasteiger partial charge in [0.2, 0.25) is 0 Å². The summed E-state index contributed by atoms with van der Waals surface area (Å²) in [5.41, 5.74) is 4.17. The Morgan fingerprint density at radius 3 is 2.22 bits per heavy atom. The number of benzene rings is 2. The van der Waals surface area contributed by atoms with E-state index in [0.717, 1.165) is 13.0 Å².